The lowest BCUT2D eigenvalue weighted by molar-refractivity contribution is -0.134. The van der Waals surface area contributed by atoms with Crippen LogP contribution in [0.3, 0.4) is 0 Å². The second kappa shape index (κ2) is 8.53. The highest BCUT2D eigenvalue weighted by atomic mass is 32.1. The van der Waals surface area contributed by atoms with Crippen LogP contribution in [0.1, 0.15) is 51.6 Å². The van der Waals surface area contributed by atoms with Gasteiger partial charge in [0.05, 0.1) is 12.2 Å². The van der Waals surface area contributed by atoms with E-state index in [9.17, 15) is 9.59 Å². The van der Waals surface area contributed by atoms with Crippen molar-refractivity contribution in [2.24, 2.45) is 5.92 Å². The van der Waals surface area contributed by atoms with Crippen molar-refractivity contribution in [3.63, 3.8) is 0 Å². The van der Waals surface area contributed by atoms with Gasteiger partial charge in [0, 0.05) is 42.3 Å². The molecule has 1 saturated carbocycles. The number of carbonyl (C=O) groups excluding carboxylic acids is 2. The monoisotopic (exact) mass is 413 g/mol. The summed E-state index contributed by atoms with van der Waals surface area (Å²) in [7, 11) is 0. The van der Waals surface area contributed by atoms with E-state index in [0.29, 0.717) is 23.8 Å². The van der Waals surface area contributed by atoms with Crippen molar-refractivity contribution in [1.82, 2.24) is 15.2 Å². The van der Waals surface area contributed by atoms with Gasteiger partial charge < -0.3 is 15.0 Å². The van der Waals surface area contributed by atoms with Crippen molar-refractivity contribution in [3.8, 4) is 5.75 Å². The molecule has 2 amide bonds. The van der Waals surface area contributed by atoms with Crippen molar-refractivity contribution in [2.75, 3.05) is 13.1 Å². The van der Waals surface area contributed by atoms with Crippen LogP contribution in [0.2, 0.25) is 0 Å². The molecule has 0 bridgehead atoms. The van der Waals surface area contributed by atoms with Crippen LogP contribution in [0.25, 0.3) is 0 Å². The van der Waals surface area contributed by atoms with Gasteiger partial charge in [-0.1, -0.05) is 6.07 Å². The maximum atomic E-state index is 12.5. The van der Waals surface area contributed by atoms with Crippen molar-refractivity contribution >= 4 is 23.2 Å². The molecule has 4 rings (SSSR count). The summed E-state index contributed by atoms with van der Waals surface area (Å²) in [6.45, 7) is 5.95. The highest BCUT2D eigenvalue weighted by Crippen LogP contribution is 2.32. The number of aryl methyl sites for hydroxylation is 2. The molecule has 2 aliphatic rings. The molecular formula is C22H27N3O3S. The van der Waals surface area contributed by atoms with Crippen molar-refractivity contribution < 1.29 is 14.3 Å². The number of thiazole rings is 1. The highest BCUT2D eigenvalue weighted by molar-refractivity contribution is 7.11. The molecule has 29 heavy (non-hydrogen) atoms. The molecule has 1 N–H and O–H groups in total. The zero-order valence-electron chi connectivity index (χ0n) is 16.9. The first kappa shape index (κ1) is 19.9. The first-order chi connectivity index (χ1) is 14.0. The first-order valence-electron chi connectivity index (χ1n) is 10.3. The Morgan fingerprint density at radius 2 is 1.97 bits per heavy atom. The highest BCUT2D eigenvalue weighted by Gasteiger charge is 2.35. The summed E-state index contributed by atoms with van der Waals surface area (Å²) in [6.07, 6.45) is 3.84. The van der Waals surface area contributed by atoms with Gasteiger partial charge in [-0.3, -0.25) is 9.59 Å². The molecule has 2 heterocycles. The number of piperidine rings is 1. The minimum Gasteiger partial charge on any atom is -0.490 e. The molecule has 1 saturated heterocycles. The summed E-state index contributed by atoms with van der Waals surface area (Å²) in [6, 6.07) is 7.30. The van der Waals surface area contributed by atoms with Crippen molar-refractivity contribution in [1.29, 1.82) is 0 Å². The van der Waals surface area contributed by atoms with Gasteiger partial charge in [0.15, 0.2) is 0 Å². The molecule has 2 fully saturated rings. The summed E-state index contributed by atoms with van der Waals surface area (Å²) in [5.41, 5.74) is 1.59. The zero-order valence-corrected chi connectivity index (χ0v) is 17.8. The van der Waals surface area contributed by atoms with E-state index in [0.717, 1.165) is 49.5 Å². The number of benzene rings is 1. The molecule has 0 unspecified atom stereocenters. The fourth-order valence-corrected chi connectivity index (χ4v) is 4.43. The van der Waals surface area contributed by atoms with Crippen LogP contribution < -0.4 is 10.1 Å². The van der Waals surface area contributed by atoms with Gasteiger partial charge in [0.2, 0.25) is 5.91 Å². The molecule has 0 atom stereocenters. The van der Waals surface area contributed by atoms with Gasteiger partial charge in [0.1, 0.15) is 16.9 Å². The summed E-state index contributed by atoms with van der Waals surface area (Å²) in [4.78, 5) is 32.3. The maximum absolute atomic E-state index is 12.5. The molecule has 6 nitrogen and oxygen atoms in total. The molecule has 0 spiro atoms. The third kappa shape index (κ3) is 4.96. The minimum absolute atomic E-state index is 0.0813. The molecule has 0 radical (unpaired) electrons. The van der Waals surface area contributed by atoms with Crippen LogP contribution in [0.15, 0.2) is 24.3 Å². The van der Waals surface area contributed by atoms with Crippen molar-refractivity contribution in [3.05, 3.63) is 45.4 Å². The van der Waals surface area contributed by atoms with Crippen molar-refractivity contribution in [2.45, 2.75) is 52.2 Å². The summed E-state index contributed by atoms with van der Waals surface area (Å²) in [5.74, 6) is 1.16. The Morgan fingerprint density at radius 3 is 2.62 bits per heavy atom. The molecule has 2 aromatic rings. The molecule has 1 aromatic heterocycles. The maximum Gasteiger partial charge on any atom is 0.251 e. The molecule has 1 aliphatic heterocycles. The number of nitrogens with zero attached hydrogens (tertiary/aromatic N) is 2. The predicted molar refractivity (Wildman–Crippen MR) is 112 cm³/mol. The van der Waals surface area contributed by atoms with Gasteiger partial charge in [-0.25, -0.2) is 4.98 Å². The Hall–Kier alpha value is -2.41. The van der Waals surface area contributed by atoms with E-state index < -0.39 is 0 Å². The smallest absolute Gasteiger partial charge is 0.251 e. The quantitative estimate of drug-likeness (QED) is 0.787. The molecule has 1 aromatic carbocycles. The van der Waals surface area contributed by atoms with Crippen LogP contribution in [0.5, 0.6) is 5.75 Å². The SMILES string of the molecule is Cc1nc(CNC(=O)c2cccc(OC3CCN(C(=O)C4CC4)CC3)c2)sc1C. The topological polar surface area (TPSA) is 71.5 Å². The van der Waals surface area contributed by atoms with Gasteiger partial charge in [-0.05, 0) is 44.9 Å². The van der Waals surface area contributed by atoms with E-state index in [1.165, 1.54) is 4.88 Å². The van der Waals surface area contributed by atoms with Crippen LogP contribution in [0.4, 0.5) is 0 Å². The van der Waals surface area contributed by atoms with E-state index in [4.69, 9.17) is 4.74 Å². The number of aromatic nitrogens is 1. The van der Waals surface area contributed by atoms with Gasteiger partial charge in [-0.2, -0.15) is 0 Å². The van der Waals surface area contributed by atoms with E-state index in [-0.39, 0.29) is 17.9 Å². The number of ether oxygens (including phenoxy) is 1. The molecule has 7 heteroatoms. The lowest BCUT2D eigenvalue weighted by Gasteiger charge is -2.32. The largest absolute Gasteiger partial charge is 0.490 e. The van der Waals surface area contributed by atoms with E-state index in [1.54, 1.807) is 23.5 Å². The number of amides is 2. The number of hydrogen-bond acceptors (Lipinski definition) is 5. The third-order valence-corrected chi connectivity index (χ3v) is 6.63. The van der Waals surface area contributed by atoms with E-state index >= 15 is 0 Å². The number of likely N-dealkylation sites (tertiary alicyclic amines) is 1. The van der Waals surface area contributed by atoms with Crippen LogP contribution in [-0.4, -0.2) is 40.9 Å². The second-order valence-electron chi connectivity index (χ2n) is 7.88. The third-order valence-electron chi connectivity index (χ3n) is 5.55. The van der Waals surface area contributed by atoms with E-state index in [1.807, 2.05) is 30.9 Å². The average Bonchev–Trinajstić information content (AvgIpc) is 3.52. The van der Waals surface area contributed by atoms with Crippen LogP contribution >= 0.6 is 11.3 Å². The van der Waals surface area contributed by atoms with Crippen LogP contribution in [0, 0.1) is 19.8 Å². The first-order valence-corrected chi connectivity index (χ1v) is 11.1. The Kier molecular flexibility index (Phi) is 5.85. The Morgan fingerprint density at radius 1 is 1.21 bits per heavy atom. The van der Waals surface area contributed by atoms with Gasteiger partial charge in [-0.15, -0.1) is 11.3 Å². The standard InChI is InChI=1S/C22H27N3O3S/c1-14-15(2)29-20(24-14)13-23-21(26)17-4-3-5-19(12-17)28-18-8-10-25(11-9-18)22(27)16-6-7-16/h3-5,12,16,18H,6-11,13H2,1-2H3,(H,23,26). The number of carbonyl (C=O) groups is 2. The van der Waals surface area contributed by atoms with Crippen LogP contribution in [-0.2, 0) is 11.3 Å². The Labute approximate surface area is 175 Å². The molecule has 154 valence electrons. The second-order valence-corrected chi connectivity index (χ2v) is 9.16. The minimum atomic E-state index is -0.134. The van der Waals surface area contributed by atoms with Gasteiger partial charge >= 0.3 is 0 Å². The number of rotatable bonds is 6. The van der Waals surface area contributed by atoms with E-state index in [2.05, 4.69) is 10.3 Å². The molecule has 1 aliphatic carbocycles. The average molecular weight is 414 g/mol. The predicted octanol–water partition coefficient (Wildman–Crippen LogP) is 3.47. The summed E-state index contributed by atoms with van der Waals surface area (Å²) < 4.78 is 6.10. The lowest BCUT2D eigenvalue weighted by atomic mass is 10.1. The fourth-order valence-electron chi connectivity index (χ4n) is 3.56. The zero-order chi connectivity index (χ0) is 20.4. The normalized spacial score (nSPS) is 17.2. The fraction of sp³-hybridized carbons (Fsp3) is 0.500. The number of hydrogen-bond donors (Lipinski definition) is 1. The molecular weight excluding hydrogens is 386 g/mol. The Balaban J connectivity index is 1.29. The lowest BCUT2D eigenvalue weighted by Crippen LogP contribution is -2.42. The number of nitrogens with one attached hydrogen (secondary N) is 1. The van der Waals surface area contributed by atoms with Gasteiger partial charge in [0.25, 0.3) is 5.91 Å². The Bertz CT molecular complexity index is 879. The summed E-state index contributed by atoms with van der Waals surface area (Å²) in [5, 5.41) is 3.84. The summed E-state index contributed by atoms with van der Waals surface area (Å²) >= 11 is 1.61.